The van der Waals surface area contributed by atoms with Crippen molar-refractivity contribution >= 4 is 30.4 Å². The van der Waals surface area contributed by atoms with Crippen molar-refractivity contribution in [1.82, 2.24) is 20.1 Å². The van der Waals surface area contributed by atoms with Crippen molar-refractivity contribution in [3.05, 3.63) is 77.8 Å². The number of nitrogens with zero attached hydrogens (tertiary/aromatic N) is 3. The Hall–Kier alpha value is -3.59. The molecule has 0 radical (unpaired) electrons. The van der Waals surface area contributed by atoms with E-state index in [1.54, 1.807) is 22.1 Å². The molecule has 3 amide bonds. The van der Waals surface area contributed by atoms with E-state index in [4.69, 9.17) is 4.42 Å². The predicted molar refractivity (Wildman–Crippen MR) is 142 cm³/mol. The van der Waals surface area contributed by atoms with Crippen LogP contribution >= 0.6 is 12.6 Å². The molecule has 0 spiro atoms. The molecule has 2 aliphatic rings. The van der Waals surface area contributed by atoms with Gasteiger partial charge >= 0.3 is 0 Å². The summed E-state index contributed by atoms with van der Waals surface area (Å²) >= 11 is 4.60. The zero-order valence-electron chi connectivity index (χ0n) is 20.8. The van der Waals surface area contributed by atoms with Crippen LogP contribution < -0.4 is 5.32 Å². The number of nitrogens with one attached hydrogen (secondary N) is 1. The third kappa shape index (κ3) is 5.00. The summed E-state index contributed by atoms with van der Waals surface area (Å²) in [7, 11) is 0. The van der Waals surface area contributed by atoms with E-state index in [1.165, 1.54) is 6.39 Å². The first-order valence-corrected chi connectivity index (χ1v) is 13.0. The minimum atomic E-state index is -0.655. The van der Waals surface area contributed by atoms with E-state index in [9.17, 15) is 14.4 Å². The average molecular weight is 519 g/mol. The van der Waals surface area contributed by atoms with E-state index in [2.05, 4.69) is 22.9 Å². The molecule has 1 fully saturated rings. The molecule has 8 nitrogen and oxygen atoms in total. The summed E-state index contributed by atoms with van der Waals surface area (Å²) in [6.07, 6.45) is 3.49. The van der Waals surface area contributed by atoms with Gasteiger partial charge in [0.2, 0.25) is 11.8 Å². The van der Waals surface area contributed by atoms with Gasteiger partial charge in [-0.2, -0.15) is 12.6 Å². The van der Waals surface area contributed by atoms with Crippen LogP contribution in [0.25, 0.3) is 11.3 Å². The minimum absolute atomic E-state index is 0.111. The molecule has 5 rings (SSSR count). The van der Waals surface area contributed by atoms with Crippen LogP contribution in [0.15, 0.2) is 65.5 Å². The largest absolute Gasteiger partial charge is 0.444 e. The van der Waals surface area contributed by atoms with E-state index in [-0.39, 0.29) is 28.9 Å². The SMILES string of the molecule is CC(C)[C@@H](C(=O)N1C[C@H](S)C[C@H]1C(=O)NCc1ccc(-c2cnco2)cc1)N1Cc2ccccc2C1=O. The number of fused-ring (bicyclic) bond motifs is 1. The van der Waals surface area contributed by atoms with Crippen LogP contribution in [0.1, 0.15) is 41.8 Å². The molecular weight excluding hydrogens is 488 g/mol. The summed E-state index contributed by atoms with van der Waals surface area (Å²) in [5, 5.41) is 2.87. The van der Waals surface area contributed by atoms with Gasteiger partial charge in [-0.25, -0.2) is 4.98 Å². The lowest BCUT2D eigenvalue weighted by Crippen LogP contribution is -2.55. The molecular formula is C28H30N4O4S. The molecule has 2 aliphatic heterocycles. The Labute approximate surface area is 221 Å². The van der Waals surface area contributed by atoms with Gasteiger partial charge in [0.1, 0.15) is 12.1 Å². The van der Waals surface area contributed by atoms with Gasteiger partial charge in [0, 0.05) is 36.0 Å². The van der Waals surface area contributed by atoms with Crippen molar-refractivity contribution < 1.29 is 18.8 Å². The molecule has 1 N–H and O–H groups in total. The zero-order chi connectivity index (χ0) is 26.1. The standard InChI is InChI=1S/C28H30N4O4S/c1-17(2)25(32-14-20-5-3-4-6-22(20)27(32)34)28(35)31-15-21(37)11-23(31)26(33)30-12-18-7-9-19(10-8-18)24-13-29-16-36-24/h3-10,13,16-17,21,23,25,37H,11-12,14-15H2,1-2H3,(H,30,33)/t21-,23+,25+/m1/s1. The quantitative estimate of drug-likeness (QED) is 0.467. The third-order valence-corrected chi connectivity index (χ3v) is 7.45. The second kappa shape index (κ2) is 10.4. The smallest absolute Gasteiger partial charge is 0.255 e. The lowest BCUT2D eigenvalue weighted by molar-refractivity contribution is -0.143. The molecule has 0 unspecified atom stereocenters. The average Bonchev–Trinajstić information content (AvgIpc) is 3.63. The lowest BCUT2D eigenvalue weighted by Gasteiger charge is -2.35. The van der Waals surface area contributed by atoms with Crippen LogP contribution in [-0.4, -0.2) is 56.4 Å². The Kier molecular flexibility index (Phi) is 7.06. The summed E-state index contributed by atoms with van der Waals surface area (Å²) < 4.78 is 5.32. The molecule has 37 heavy (non-hydrogen) atoms. The van der Waals surface area contributed by atoms with Crippen molar-refractivity contribution in [2.24, 2.45) is 5.92 Å². The molecule has 0 bridgehead atoms. The molecule has 0 aliphatic carbocycles. The number of amides is 3. The number of benzene rings is 2. The minimum Gasteiger partial charge on any atom is -0.444 e. The molecule has 192 valence electrons. The van der Waals surface area contributed by atoms with Crippen molar-refractivity contribution in [1.29, 1.82) is 0 Å². The molecule has 0 saturated carbocycles. The Morgan fingerprint density at radius 2 is 1.92 bits per heavy atom. The molecule has 3 atom stereocenters. The lowest BCUT2D eigenvalue weighted by atomic mass is 10.0. The van der Waals surface area contributed by atoms with Crippen molar-refractivity contribution in [2.45, 2.75) is 50.7 Å². The first-order chi connectivity index (χ1) is 17.8. The predicted octanol–water partition coefficient (Wildman–Crippen LogP) is 3.54. The topological polar surface area (TPSA) is 95.8 Å². The Morgan fingerprint density at radius 3 is 2.59 bits per heavy atom. The molecule has 9 heteroatoms. The van der Waals surface area contributed by atoms with Crippen LogP contribution in [0.3, 0.4) is 0 Å². The summed E-state index contributed by atoms with van der Waals surface area (Å²) in [4.78, 5) is 47.4. The first kappa shape index (κ1) is 25.1. The van der Waals surface area contributed by atoms with Crippen LogP contribution in [0.5, 0.6) is 0 Å². The van der Waals surface area contributed by atoms with Gasteiger partial charge in [0.15, 0.2) is 12.2 Å². The fraction of sp³-hybridized carbons (Fsp3) is 0.357. The summed E-state index contributed by atoms with van der Waals surface area (Å²) in [5.74, 6) is -0.00260. The summed E-state index contributed by atoms with van der Waals surface area (Å²) in [6.45, 7) is 4.96. The number of carbonyl (C=O) groups is 3. The number of hydrogen-bond acceptors (Lipinski definition) is 6. The number of rotatable bonds is 7. The van der Waals surface area contributed by atoms with Gasteiger partial charge in [0.05, 0.1) is 6.20 Å². The van der Waals surface area contributed by atoms with E-state index >= 15 is 0 Å². The van der Waals surface area contributed by atoms with E-state index in [1.807, 2.05) is 56.3 Å². The van der Waals surface area contributed by atoms with E-state index < -0.39 is 12.1 Å². The molecule has 1 saturated heterocycles. The molecule has 3 heterocycles. The summed E-state index contributed by atoms with van der Waals surface area (Å²) in [5.41, 5.74) is 3.38. The maximum Gasteiger partial charge on any atom is 0.255 e. The first-order valence-electron chi connectivity index (χ1n) is 12.5. The fourth-order valence-corrected chi connectivity index (χ4v) is 5.58. The van der Waals surface area contributed by atoms with Crippen molar-refractivity contribution in [3.8, 4) is 11.3 Å². The van der Waals surface area contributed by atoms with Gasteiger partial charge in [-0.1, -0.05) is 56.3 Å². The molecule has 1 aromatic heterocycles. The number of oxazole rings is 1. The Balaban J connectivity index is 1.27. The highest BCUT2D eigenvalue weighted by molar-refractivity contribution is 7.81. The zero-order valence-corrected chi connectivity index (χ0v) is 21.7. The van der Waals surface area contributed by atoms with E-state index in [0.29, 0.717) is 37.4 Å². The Bertz CT molecular complexity index is 1290. The Morgan fingerprint density at radius 1 is 1.16 bits per heavy atom. The number of carbonyl (C=O) groups excluding carboxylic acids is 3. The second-order valence-corrected chi connectivity index (χ2v) is 10.7. The van der Waals surface area contributed by atoms with E-state index in [0.717, 1.165) is 16.7 Å². The maximum atomic E-state index is 13.9. The molecule has 2 aromatic carbocycles. The second-order valence-electron chi connectivity index (χ2n) is 9.96. The highest BCUT2D eigenvalue weighted by Crippen LogP contribution is 2.31. The van der Waals surface area contributed by atoms with Gasteiger partial charge in [-0.15, -0.1) is 0 Å². The third-order valence-electron chi connectivity index (χ3n) is 7.07. The normalized spacial score (nSPS) is 19.8. The van der Waals surface area contributed by atoms with Crippen LogP contribution in [0.2, 0.25) is 0 Å². The van der Waals surface area contributed by atoms with Crippen LogP contribution in [-0.2, 0) is 22.7 Å². The number of hydrogen-bond donors (Lipinski definition) is 2. The fourth-order valence-electron chi connectivity index (χ4n) is 5.21. The maximum absolute atomic E-state index is 13.9. The van der Waals surface area contributed by atoms with Gasteiger partial charge in [-0.3, -0.25) is 14.4 Å². The highest BCUT2D eigenvalue weighted by Gasteiger charge is 2.45. The van der Waals surface area contributed by atoms with Crippen LogP contribution in [0, 0.1) is 5.92 Å². The highest BCUT2D eigenvalue weighted by atomic mass is 32.1. The number of thiol groups is 1. The van der Waals surface area contributed by atoms with Gasteiger partial charge < -0.3 is 19.5 Å². The summed E-state index contributed by atoms with van der Waals surface area (Å²) in [6, 6.07) is 13.8. The van der Waals surface area contributed by atoms with Crippen molar-refractivity contribution in [3.63, 3.8) is 0 Å². The van der Waals surface area contributed by atoms with Crippen molar-refractivity contribution in [2.75, 3.05) is 6.54 Å². The monoisotopic (exact) mass is 518 g/mol. The number of likely N-dealkylation sites (tertiary alicyclic amines) is 1. The van der Waals surface area contributed by atoms with Gasteiger partial charge in [0.25, 0.3) is 5.91 Å². The number of aromatic nitrogens is 1. The van der Waals surface area contributed by atoms with Crippen LogP contribution in [0.4, 0.5) is 0 Å². The molecule has 3 aromatic rings. The van der Waals surface area contributed by atoms with Gasteiger partial charge in [-0.05, 0) is 29.5 Å².